The minimum atomic E-state index is -0.131. The predicted molar refractivity (Wildman–Crippen MR) is 96.0 cm³/mol. The Morgan fingerprint density at radius 2 is 2.08 bits per heavy atom. The van der Waals surface area contributed by atoms with Gasteiger partial charge in [-0.3, -0.25) is 9.89 Å². The standard InChI is InChI=1S/C16H19N7OS/c1-9-6-5-7-13(10(9)2)23-16(20-21-22-23)25-8-14(24)17-15-11(3)18-19-12(15)4/h5-7H,8H2,1-4H3,(H,17,24)(H,18,19). The molecule has 0 atom stereocenters. The van der Waals surface area contributed by atoms with E-state index >= 15 is 0 Å². The van der Waals surface area contributed by atoms with E-state index in [1.165, 1.54) is 11.8 Å². The molecule has 1 aromatic carbocycles. The maximum atomic E-state index is 12.2. The van der Waals surface area contributed by atoms with E-state index in [2.05, 4.69) is 31.0 Å². The van der Waals surface area contributed by atoms with E-state index in [1.807, 2.05) is 45.9 Å². The van der Waals surface area contributed by atoms with Crippen LogP contribution in [0.1, 0.15) is 22.5 Å². The van der Waals surface area contributed by atoms with Gasteiger partial charge < -0.3 is 5.32 Å². The molecular formula is C16H19N7OS. The molecule has 0 aliphatic carbocycles. The minimum Gasteiger partial charge on any atom is -0.322 e. The van der Waals surface area contributed by atoms with Crippen molar-refractivity contribution in [3.05, 3.63) is 40.7 Å². The summed E-state index contributed by atoms with van der Waals surface area (Å²) in [4.78, 5) is 12.2. The van der Waals surface area contributed by atoms with Crippen LogP contribution in [0.15, 0.2) is 23.4 Å². The molecule has 0 unspecified atom stereocenters. The van der Waals surface area contributed by atoms with Gasteiger partial charge in [0.05, 0.1) is 28.5 Å². The van der Waals surface area contributed by atoms with E-state index in [-0.39, 0.29) is 11.7 Å². The average molecular weight is 357 g/mol. The summed E-state index contributed by atoms with van der Waals surface area (Å²) >= 11 is 1.29. The number of carbonyl (C=O) groups is 1. The number of aromatic nitrogens is 6. The number of carbonyl (C=O) groups excluding carboxylic acids is 1. The van der Waals surface area contributed by atoms with Crippen LogP contribution in [-0.2, 0) is 4.79 Å². The predicted octanol–water partition coefficient (Wildman–Crippen LogP) is 2.35. The average Bonchev–Trinajstić information content (AvgIpc) is 3.17. The second kappa shape index (κ2) is 7.06. The molecule has 2 aromatic heterocycles. The molecule has 0 bridgehead atoms. The summed E-state index contributed by atoms with van der Waals surface area (Å²) < 4.78 is 1.66. The second-order valence-corrected chi connectivity index (χ2v) is 6.68. The van der Waals surface area contributed by atoms with Crippen LogP contribution in [0.3, 0.4) is 0 Å². The lowest BCUT2D eigenvalue weighted by Crippen LogP contribution is -2.15. The van der Waals surface area contributed by atoms with E-state index in [0.29, 0.717) is 5.16 Å². The molecule has 3 rings (SSSR count). The summed E-state index contributed by atoms with van der Waals surface area (Å²) in [6, 6.07) is 5.96. The molecule has 2 heterocycles. The quantitative estimate of drug-likeness (QED) is 0.680. The molecule has 9 heteroatoms. The first-order chi connectivity index (χ1) is 12.0. The summed E-state index contributed by atoms with van der Waals surface area (Å²) in [5, 5.41) is 22.2. The van der Waals surface area contributed by atoms with Gasteiger partial charge in [-0.05, 0) is 55.3 Å². The van der Waals surface area contributed by atoms with Gasteiger partial charge in [0.1, 0.15) is 0 Å². The van der Waals surface area contributed by atoms with Gasteiger partial charge in [-0.2, -0.15) is 9.78 Å². The third kappa shape index (κ3) is 3.55. The molecular weight excluding hydrogens is 338 g/mol. The topological polar surface area (TPSA) is 101 Å². The highest BCUT2D eigenvalue weighted by atomic mass is 32.2. The van der Waals surface area contributed by atoms with Crippen molar-refractivity contribution >= 4 is 23.4 Å². The number of tetrazole rings is 1. The minimum absolute atomic E-state index is 0.131. The molecule has 0 saturated carbocycles. The molecule has 25 heavy (non-hydrogen) atoms. The van der Waals surface area contributed by atoms with Crippen molar-refractivity contribution in [1.82, 2.24) is 30.4 Å². The SMILES string of the molecule is Cc1cccc(-n2nnnc2SCC(=O)Nc2c(C)n[nH]c2C)c1C. The molecule has 0 aliphatic rings. The normalized spacial score (nSPS) is 10.9. The molecule has 3 aromatic rings. The van der Waals surface area contributed by atoms with Gasteiger partial charge in [0.2, 0.25) is 11.1 Å². The van der Waals surface area contributed by atoms with Crippen molar-refractivity contribution < 1.29 is 4.79 Å². The number of hydrogen-bond acceptors (Lipinski definition) is 6. The molecule has 0 fully saturated rings. The van der Waals surface area contributed by atoms with Gasteiger partial charge in [0, 0.05) is 0 Å². The summed E-state index contributed by atoms with van der Waals surface area (Å²) in [6.45, 7) is 7.77. The number of benzene rings is 1. The van der Waals surface area contributed by atoms with Crippen LogP contribution in [0.25, 0.3) is 5.69 Å². The molecule has 2 N–H and O–H groups in total. The lowest BCUT2D eigenvalue weighted by Gasteiger charge is -2.09. The van der Waals surface area contributed by atoms with E-state index in [0.717, 1.165) is 33.9 Å². The fourth-order valence-corrected chi connectivity index (χ4v) is 3.11. The summed E-state index contributed by atoms with van der Waals surface area (Å²) in [6.07, 6.45) is 0. The highest BCUT2D eigenvalue weighted by Gasteiger charge is 2.15. The molecule has 0 radical (unpaired) electrons. The Kier molecular flexibility index (Phi) is 4.84. The second-order valence-electron chi connectivity index (χ2n) is 5.74. The first-order valence-corrected chi connectivity index (χ1v) is 8.75. The number of anilines is 1. The maximum absolute atomic E-state index is 12.2. The Balaban J connectivity index is 1.72. The van der Waals surface area contributed by atoms with Crippen molar-refractivity contribution in [2.75, 3.05) is 11.1 Å². The van der Waals surface area contributed by atoms with Crippen molar-refractivity contribution in [2.45, 2.75) is 32.9 Å². The summed E-state index contributed by atoms with van der Waals surface area (Å²) in [5.74, 6) is 0.0723. The lowest BCUT2D eigenvalue weighted by atomic mass is 10.1. The summed E-state index contributed by atoms with van der Waals surface area (Å²) in [7, 11) is 0. The molecule has 130 valence electrons. The van der Waals surface area contributed by atoms with Gasteiger partial charge >= 0.3 is 0 Å². The van der Waals surface area contributed by atoms with Crippen molar-refractivity contribution in [1.29, 1.82) is 0 Å². The fourth-order valence-electron chi connectivity index (χ4n) is 2.43. The zero-order valence-corrected chi connectivity index (χ0v) is 15.3. The van der Waals surface area contributed by atoms with Crippen LogP contribution in [0, 0.1) is 27.7 Å². The third-order valence-corrected chi connectivity index (χ3v) is 4.89. The molecule has 0 saturated heterocycles. The first kappa shape index (κ1) is 17.2. The zero-order valence-electron chi connectivity index (χ0n) is 14.5. The Morgan fingerprint density at radius 3 is 2.80 bits per heavy atom. The lowest BCUT2D eigenvalue weighted by molar-refractivity contribution is -0.113. The number of rotatable bonds is 5. The fraction of sp³-hybridized carbons (Fsp3) is 0.312. The highest BCUT2D eigenvalue weighted by molar-refractivity contribution is 7.99. The van der Waals surface area contributed by atoms with Crippen LogP contribution in [0.5, 0.6) is 0 Å². The van der Waals surface area contributed by atoms with Crippen LogP contribution >= 0.6 is 11.8 Å². The summed E-state index contributed by atoms with van der Waals surface area (Å²) in [5.41, 5.74) is 5.49. The van der Waals surface area contributed by atoms with Gasteiger partial charge in [0.15, 0.2) is 0 Å². The number of thioether (sulfide) groups is 1. The molecule has 0 aliphatic heterocycles. The highest BCUT2D eigenvalue weighted by Crippen LogP contribution is 2.23. The Labute approximate surface area is 149 Å². The number of nitrogens with zero attached hydrogens (tertiary/aromatic N) is 5. The smallest absolute Gasteiger partial charge is 0.234 e. The monoisotopic (exact) mass is 357 g/mol. The van der Waals surface area contributed by atoms with Crippen molar-refractivity contribution in [3.8, 4) is 5.69 Å². The molecule has 1 amide bonds. The van der Waals surface area contributed by atoms with Gasteiger partial charge in [-0.1, -0.05) is 23.9 Å². The van der Waals surface area contributed by atoms with E-state index in [4.69, 9.17) is 0 Å². The number of hydrogen-bond donors (Lipinski definition) is 2. The van der Waals surface area contributed by atoms with E-state index in [9.17, 15) is 4.79 Å². The zero-order chi connectivity index (χ0) is 18.0. The molecule has 8 nitrogen and oxygen atoms in total. The third-order valence-electron chi connectivity index (χ3n) is 3.97. The number of aromatic amines is 1. The Bertz CT molecular complexity index is 896. The van der Waals surface area contributed by atoms with Crippen LogP contribution in [-0.4, -0.2) is 42.1 Å². The number of aryl methyl sites for hydroxylation is 3. The van der Waals surface area contributed by atoms with Gasteiger partial charge in [-0.25, -0.2) is 0 Å². The number of nitrogens with one attached hydrogen (secondary N) is 2. The Hall–Kier alpha value is -2.68. The van der Waals surface area contributed by atoms with Crippen molar-refractivity contribution in [2.24, 2.45) is 0 Å². The number of H-pyrrole nitrogens is 1. The van der Waals surface area contributed by atoms with Gasteiger partial charge in [-0.15, -0.1) is 5.10 Å². The van der Waals surface area contributed by atoms with Crippen molar-refractivity contribution in [3.63, 3.8) is 0 Å². The van der Waals surface area contributed by atoms with Crippen LogP contribution in [0.4, 0.5) is 5.69 Å². The molecule has 0 spiro atoms. The largest absolute Gasteiger partial charge is 0.322 e. The Morgan fingerprint density at radius 1 is 1.28 bits per heavy atom. The van der Waals surface area contributed by atoms with E-state index in [1.54, 1.807) is 4.68 Å². The van der Waals surface area contributed by atoms with Crippen LogP contribution < -0.4 is 5.32 Å². The van der Waals surface area contributed by atoms with Gasteiger partial charge in [0.25, 0.3) is 0 Å². The van der Waals surface area contributed by atoms with E-state index < -0.39 is 0 Å². The first-order valence-electron chi connectivity index (χ1n) is 7.76. The maximum Gasteiger partial charge on any atom is 0.234 e. The van der Waals surface area contributed by atoms with Crippen LogP contribution in [0.2, 0.25) is 0 Å². The number of amides is 1.